The molecular weight excluding hydrogens is 462 g/mol. The third-order valence-electron chi connectivity index (χ3n) is 7.14. The van der Waals surface area contributed by atoms with Gasteiger partial charge in [-0.3, -0.25) is 14.3 Å². The quantitative estimate of drug-likeness (QED) is 0.400. The highest BCUT2D eigenvalue weighted by Gasteiger charge is 2.30. The molecule has 2 aromatic carbocycles. The number of nitriles is 1. The van der Waals surface area contributed by atoms with Crippen LogP contribution in [0.3, 0.4) is 0 Å². The van der Waals surface area contributed by atoms with Crippen molar-refractivity contribution in [1.82, 2.24) is 19.1 Å². The molecule has 37 heavy (non-hydrogen) atoms. The van der Waals surface area contributed by atoms with E-state index in [1.165, 1.54) is 0 Å². The largest absolute Gasteiger partial charge is 0.342 e. The monoisotopic (exact) mass is 489 g/mol. The molecule has 0 radical (unpaired) electrons. The highest BCUT2D eigenvalue weighted by molar-refractivity contribution is 5.89. The van der Waals surface area contributed by atoms with Crippen LogP contribution >= 0.6 is 0 Å². The van der Waals surface area contributed by atoms with E-state index in [1.54, 1.807) is 17.1 Å². The normalized spacial score (nSPS) is 15.8. The maximum absolute atomic E-state index is 14.0. The molecule has 1 saturated heterocycles. The van der Waals surface area contributed by atoms with E-state index in [9.17, 15) is 10.1 Å². The summed E-state index contributed by atoms with van der Waals surface area (Å²) in [6, 6.07) is 22.2. The topological polar surface area (TPSA) is 106 Å². The lowest BCUT2D eigenvalue weighted by Gasteiger charge is -2.35. The Morgan fingerprint density at radius 1 is 1.00 bits per heavy atom. The summed E-state index contributed by atoms with van der Waals surface area (Å²) in [6.45, 7) is 1.55. The molecule has 8 nitrogen and oxygen atoms in total. The number of rotatable bonds is 5. The van der Waals surface area contributed by atoms with Crippen LogP contribution in [0, 0.1) is 11.3 Å². The van der Waals surface area contributed by atoms with Crippen molar-refractivity contribution in [3.8, 4) is 6.07 Å². The number of hydrogen-bond acceptors (Lipinski definition) is 6. The van der Waals surface area contributed by atoms with Gasteiger partial charge in [0, 0.05) is 24.7 Å². The van der Waals surface area contributed by atoms with Crippen LogP contribution in [0.4, 0.5) is 5.82 Å². The molecule has 0 aliphatic carbocycles. The first kappa shape index (κ1) is 23.0. The average molecular weight is 490 g/mol. The summed E-state index contributed by atoms with van der Waals surface area (Å²) in [6.07, 6.45) is 5.97. The zero-order chi connectivity index (χ0) is 25.4. The third-order valence-corrected chi connectivity index (χ3v) is 7.14. The van der Waals surface area contributed by atoms with E-state index in [0.29, 0.717) is 35.5 Å². The van der Waals surface area contributed by atoms with E-state index in [1.807, 2.05) is 65.2 Å². The number of piperidine rings is 1. The van der Waals surface area contributed by atoms with Crippen LogP contribution in [0.25, 0.3) is 21.9 Å². The van der Waals surface area contributed by atoms with Crippen molar-refractivity contribution in [2.45, 2.75) is 38.5 Å². The minimum atomic E-state index is -0.215. The van der Waals surface area contributed by atoms with Crippen molar-refractivity contribution in [3.63, 3.8) is 0 Å². The number of aromatic nitrogens is 4. The van der Waals surface area contributed by atoms with Crippen LogP contribution in [0.1, 0.15) is 36.0 Å². The second-order valence-corrected chi connectivity index (χ2v) is 9.54. The van der Waals surface area contributed by atoms with Crippen molar-refractivity contribution < 1.29 is 0 Å². The molecule has 184 valence electrons. The van der Waals surface area contributed by atoms with E-state index < -0.39 is 0 Å². The van der Waals surface area contributed by atoms with Crippen molar-refractivity contribution in [3.05, 3.63) is 100 Å². The number of nitrogens with zero attached hydrogens (tertiary/aromatic N) is 6. The minimum absolute atomic E-state index is 0.180. The Balaban J connectivity index is 1.53. The zero-order valence-electron chi connectivity index (χ0n) is 20.4. The Labute approximate surface area is 214 Å². The Hall–Kier alpha value is -4.48. The van der Waals surface area contributed by atoms with Gasteiger partial charge in [-0.25, -0.2) is 4.98 Å². The Kier molecular flexibility index (Phi) is 5.91. The SMILES string of the molecule is N#Cc1c(N2CCCC[C@H]2N)n(Cc2ccccc2)c2c(=O)n(Cc3ccc4ncccc4c3)cnc12. The van der Waals surface area contributed by atoms with E-state index in [-0.39, 0.29) is 11.7 Å². The smallest absolute Gasteiger partial charge is 0.278 e. The maximum Gasteiger partial charge on any atom is 0.278 e. The Morgan fingerprint density at radius 3 is 2.68 bits per heavy atom. The lowest BCUT2D eigenvalue weighted by atomic mass is 10.1. The van der Waals surface area contributed by atoms with Crippen LogP contribution in [0.5, 0.6) is 0 Å². The van der Waals surface area contributed by atoms with Gasteiger partial charge in [0.15, 0.2) is 0 Å². The fourth-order valence-electron chi connectivity index (χ4n) is 5.33. The van der Waals surface area contributed by atoms with Crippen LogP contribution in [0.15, 0.2) is 78.0 Å². The molecular formula is C29H27N7O. The number of anilines is 1. The molecule has 6 rings (SSSR count). The highest BCUT2D eigenvalue weighted by Crippen LogP contribution is 2.33. The second kappa shape index (κ2) is 9.52. The van der Waals surface area contributed by atoms with Crippen LogP contribution in [-0.4, -0.2) is 31.8 Å². The van der Waals surface area contributed by atoms with Crippen LogP contribution < -0.4 is 16.2 Å². The summed E-state index contributed by atoms with van der Waals surface area (Å²) in [5.74, 6) is 0.688. The summed E-state index contributed by atoms with van der Waals surface area (Å²) < 4.78 is 3.56. The van der Waals surface area contributed by atoms with Crippen molar-refractivity contribution in [1.29, 1.82) is 5.26 Å². The van der Waals surface area contributed by atoms with Gasteiger partial charge in [0.2, 0.25) is 0 Å². The molecule has 5 aromatic rings. The fraction of sp³-hybridized carbons (Fsp3) is 0.241. The molecule has 8 heteroatoms. The number of pyridine rings is 1. The molecule has 1 atom stereocenters. The summed E-state index contributed by atoms with van der Waals surface area (Å²) in [4.78, 5) is 25.1. The first-order valence-corrected chi connectivity index (χ1v) is 12.6. The second-order valence-electron chi connectivity index (χ2n) is 9.54. The molecule has 0 amide bonds. The van der Waals surface area contributed by atoms with Gasteiger partial charge in [0.1, 0.15) is 28.5 Å². The molecule has 2 N–H and O–H groups in total. The fourth-order valence-corrected chi connectivity index (χ4v) is 5.33. The number of fused-ring (bicyclic) bond motifs is 2. The Morgan fingerprint density at radius 2 is 1.86 bits per heavy atom. The number of hydrogen-bond donors (Lipinski definition) is 1. The van der Waals surface area contributed by atoms with Gasteiger partial charge in [-0.2, -0.15) is 5.26 Å². The minimum Gasteiger partial charge on any atom is -0.342 e. The number of benzene rings is 2. The van der Waals surface area contributed by atoms with Gasteiger partial charge in [0.25, 0.3) is 5.56 Å². The van der Waals surface area contributed by atoms with Gasteiger partial charge in [-0.15, -0.1) is 0 Å². The maximum atomic E-state index is 14.0. The van der Waals surface area contributed by atoms with Gasteiger partial charge >= 0.3 is 0 Å². The molecule has 4 heterocycles. The van der Waals surface area contributed by atoms with Crippen LogP contribution in [-0.2, 0) is 13.1 Å². The van der Waals surface area contributed by atoms with Gasteiger partial charge in [0.05, 0.1) is 24.6 Å². The molecule has 1 aliphatic rings. The lowest BCUT2D eigenvalue weighted by molar-refractivity contribution is 0.461. The molecule has 3 aromatic heterocycles. The highest BCUT2D eigenvalue weighted by atomic mass is 16.1. The molecule has 1 aliphatic heterocycles. The summed E-state index contributed by atoms with van der Waals surface area (Å²) in [7, 11) is 0. The van der Waals surface area contributed by atoms with E-state index >= 15 is 0 Å². The van der Waals surface area contributed by atoms with Crippen molar-refractivity contribution in [2.75, 3.05) is 11.4 Å². The van der Waals surface area contributed by atoms with Gasteiger partial charge in [-0.1, -0.05) is 42.5 Å². The average Bonchev–Trinajstić information content (AvgIpc) is 3.24. The Bertz CT molecular complexity index is 1700. The standard InChI is InChI=1S/C29H27N7O/c30-16-23-26-27(29(37)34(19-33-26)17-21-11-12-24-22(15-21)9-6-13-32-24)36(18-20-7-2-1-3-8-20)28(23)35-14-5-4-10-25(35)31/h1-3,6-9,11-13,15,19,25H,4-5,10,14,17-18,31H2/t25-/m0/s1. The number of nitrogens with two attached hydrogens (primary N) is 1. The van der Waals surface area contributed by atoms with Gasteiger partial charge < -0.3 is 15.2 Å². The molecule has 0 saturated carbocycles. The van der Waals surface area contributed by atoms with E-state index in [2.05, 4.69) is 20.9 Å². The molecule has 1 fully saturated rings. The summed E-state index contributed by atoms with van der Waals surface area (Å²) in [5, 5.41) is 11.2. The van der Waals surface area contributed by atoms with Gasteiger partial charge in [-0.05, 0) is 48.6 Å². The van der Waals surface area contributed by atoms with Crippen molar-refractivity contribution in [2.24, 2.45) is 5.73 Å². The summed E-state index contributed by atoms with van der Waals surface area (Å²) >= 11 is 0. The predicted molar refractivity (Wildman–Crippen MR) is 144 cm³/mol. The van der Waals surface area contributed by atoms with E-state index in [4.69, 9.17) is 5.73 Å². The molecule has 0 unspecified atom stereocenters. The first-order valence-electron chi connectivity index (χ1n) is 12.6. The third kappa shape index (κ3) is 4.13. The molecule has 0 spiro atoms. The van der Waals surface area contributed by atoms with Crippen molar-refractivity contribution >= 4 is 27.8 Å². The predicted octanol–water partition coefficient (Wildman–Crippen LogP) is 3.99. The lowest BCUT2D eigenvalue weighted by Crippen LogP contribution is -2.46. The van der Waals surface area contributed by atoms with Crippen LogP contribution in [0.2, 0.25) is 0 Å². The first-order chi connectivity index (χ1) is 18.1. The van der Waals surface area contributed by atoms with E-state index in [0.717, 1.165) is 47.8 Å². The zero-order valence-corrected chi connectivity index (χ0v) is 20.4. The molecule has 0 bridgehead atoms. The summed E-state index contributed by atoms with van der Waals surface area (Å²) in [5.41, 5.74) is 10.5.